The summed E-state index contributed by atoms with van der Waals surface area (Å²) in [7, 11) is 0. The fourth-order valence-electron chi connectivity index (χ4n) is 8.86. The van der Waals surface area contributed by atoms with E-state index >= 15 is 0 Å². The lowest BCUT2D eigenvalue weighted by molar-refractivity contribution is 0.656. The van der Waals surface area contributed by atoms with Crippen LogP contribution in [-0.2, 0) is 0 Å². The highest BCUT2D eigenvalue weighted by molar-refractivity contribution is 7.25. The Balaban J connectivity index is 0.924. The monoisotopic (exact) mass is 750 g/mol. The number of amidine groups is 2. The van der Waals surface area contributed by atoms with Crippen molar-refractivity contribution in [3.63, 3.8) is 0 Å². The van der Waals surface area contributed by atoms with Gasteiger partial charge in [-0.15, -0.1) is 11.3 Å². The van der Waals surface area contributed by atoms with E-state index in [9.17, 15) is 0 Å². The number of benzene rings is 7. The van der Waals surface area contributed by atoms with Gasteiger partial charge in [-0.2, -0.15) is 0 Å². The van der Waals surface area contributed by atoms with Crippen molar-refractivity contribution in [2.24, 2.45) is 15.9 Å². The third-order valence-electron chi connectivity index (χ3n) is 11.6. The van der Waals surface area contributed by atoms with E-state index in [1.807, 2.05) is 29.5 Å². The minimum atomic E-state index is -0.318. The first kappa shape index (κ1) is 32.2. The fourth-order valence-corrected chi connectivity index (χ4v) is 9.98. The number of nitrogens with one attached hydrogen (secondary N) is 1. The van der Waals surface area contributed by atoms with Crippen LogP contribution in [0.3, 0.4) is 0 Å². The van der Waals surface area contributed by atoms with Crippen LogP contribution >= 0.6 is 11.3 Å². The van der Waals surface area contributed by atoms with Crippen molar-refractivity contribution in [1.29, 1.82) is 0 Å². The van der Waals surface area contributed by atoms with E-state index in [1.54, 1.807) is 0 Å². The summed E-state index contributed by atoms with van der Waals surface area (Å²) in [5.41, 5.74) is 9.74. The molecule has 1 aliphatic carbocycles. The molecule has 2 unspecified atom stereocenters. The number of aliphatic imine (C=N–C) groups is 2. The minimum absolute atomic E-state index is 0.126. The minimum Gasteiger partial charge on any atom is -0.456 e. The van der Waals surface area contributed by atoms with Crippen molar-refractivity contribution >= 4 is 86.9 Å². The molecule has 0 saturated heterocycles. The molecular weight excluding hydrogens is 717 g/mol. The summed E-state index contributed by atoms with van der Waals surface area (Å²) in [6.45, 7) is 0. The maximum absolute atomic E-state index is 6.62. The van der Waals surface area contributed by atoms with Gasteiger partial charge in [0.05, 0.1) is 11.0 Å². The Morgan fingerprint density at radius 2 is 1.37 bits per heavy atom. The molecule has 5 nitrogen and oxygen atoms in total. The Labute approximate surface area is 332 Å². The predicted octanol–water partition coefficient (Wildman–Crippen LogP) is 13.3. The van der Waals surface area contributed by atoms with Gasteiger partial charge < -0.3 is 14.3 Å². The van der Waals surface area contributed by atoms with Crippen LogP contribution in [0, 0.1) is 5.92 Å². The molecule has 3 aromatic heterocycles. The van der Waals surface area contributed by atoms with E-state index in [0.717, 1.165) is 56.7 Å². The van der Waals surface area contributed by atoms with Gasteiger partial charge in [0.1, 0.15) is 29.0 Å². The van der Waals surface area contributed by atoms with E-state index in [4.69, 9.17) is 14.4 Å². The van der Waals surface area contributed by atoms with E-state index in [1.165, 1.54) is 53.2 Å². The van der Waals surface area contributed by atoms with Gasteiger partial charge in [-0.3, -0.25) is 0 Å². The molecular formula is C51H34N4OS. The Hall–Kier alpha value is -7.02. The lowest BCUT2D eigenvalue weighted by atomic mass is 9.97. The quantitative estimate of drug-likeness (QED) is 0.190. The fraction of sp³-hybridized carbons (Fsp3) is 0.0588. The second kappa shape index (κ2) is 12.8. The molecule has 12 rings (SSSR count). The number of hydrogen-bond donors (Lipinski definition) is 1. The molecule has 0 fully saturated rings. The second-order valence-electron chi connectivity index (χ2n) is 14.9. The number of nitrogens with zero attached hydrogens (tertiary/aromatic N) is 3. The maximum atomic E-state index is 6.62. The van der Waals surface area contributed by atoms with E-state index in [0.29, 0.717) is 0 Å². The van der Waals surface area contributed by atoms with Gasteiger partial charge in [-0.25, -0.2) is 9.98 Å². The van der Waals surface area contributed by atoms with Crippen molar-refractivity contribution in [2.75, 3.05) is 0 Å². The number of rotatable bonds is 5. The van der Waals surface area contributed by atoms with Crippen molar-refractivity contribution in [2.45, 2.75) is 12.6 Å². The number of para-hydroxylation sites is 2. The molecule has 0 bridgehead atoms. The number of furan rings is 1. The number of thiophene rings is 1. The smallest absolute Gasteiger partial charge is 0.148 e. The Morgan fingerprint density at radius 1 is 0.596 bits per heavy atom. The largest absolute Gasteiger partial charge is 0.456 e. The standard InChI is InChI=1S/C51H34N4OS/c1-3-12-31(13-4-1)49-52-50(32-14-5-2-6-15-32)54-51(53-49)40-18-11-21-44-48(40)39-26-23-33(28-45(39)56-44)34-22-25-38-41-30-35(24-27-46(41)57-47(38)29-34)55-42-19-9-7-16-36(42)37-17-8-10-20-43(37)55/h1-14,16-30,32,51H,15H2,(H,52,53,54). The van der Waals surface area contributed by atoms with Crippen LogP contribution in [0.4, 0.5) is 0 Å². The normalized spacial score (nSPS) is 16.9. The summed E-state index contributed by atoms with van der Waals surface area (Å²) in [6.07, 6.45) is 9.13. The molecule has 0 radical (unpaired) electrons. The summed E-state index contributed by atoms with van der Waals surface area (Å²) >= 11 is 1.85. The van der Waals surface area contributed by atoms with Crippen molar-refractivity contribution in [1.82, 2.24) is 9.88 Å². The van der Waals surface area contributed by atoms with E-state index in [-0.39, 0.29) is 12.1 Å². The van der Waals surface area contributed by atoms with Gasteiger partial charge >= 0.3 is 0 Å². The zero-order valence-electron chi connectivity index (χ0n) is 30.8. The van der Waals surface area contributed by atoms with Gasteiger partial charge in [-0.1, -0.05) is 121 Å². The van der Waals surface area contributed by atoms with Crippen LogP contribution in [0.5, 0.6) is 0 Å². The van der Waals surface area contributed by atoms with E-state index < -0.39 is 0 Å². The molecule has 270 valence electrons. The summed E-state index contributed by atoms with van der Waals surface area (Å²) in [4.78, 5) is 10.3. The molecule has 6 heteroatoms. The lowest BCUT2D eigenvalue weighted by Crippen LogP contribution is -2.35. The average molecular weight is 751 g/mol. The molecule has 10 aromatic rings. The average Bonchev–Trinajstić information content (AvgIpc) is 3.95. The molecule has 0 amide bonds. The summed E-state index contributed by atoms with van der Waals surface area (Å²) in [5, 5.41) is 10.9. The Morgan fingerprint density at radius 3 is 2.18 bits per heavy atom. The molecule has 1 N–H and O–H groups in total. The van der Waals surface area contributed by atoms with Crippen molar-refractivity contribution < 1.29 is 4.42 Å². The molecule has 1 aliphatic heterocycles. The summed E-state index contributed by atoms with van der Waals surface area (Å²) < 4.78 is 11.6. The SMILES string of the molecule is C1=CCC(C2=NC(c3cccc4oc5cc(-c6ccc7c(c6)sc6ccc(-n8c9ccccc9c9ccccc98)cc67)ccc5c34)NC(c3ccccc3)=N2)C=C1. The first-order valence-corrected chi connectivity index (χ1v) is 20.3. The summed E-state index contributed by atoms with van der Waals surface area (Å²) in [6, 6.07) is 54.4. The molecule has 0 saturated carbocycles. The Bertz CT molecular complexity index is 3320. The highest BCUT2D eigenvalue weighted by atomic mass is 32.1. The molecule has 57 heavy (non-hydrogen) atoms. The third kappa shape index (κ3) is 5.21. The third-order valence-corrected chi connectivity index (χ3v) is 12.7. The van der Waals surface area contributed by atoms with Gasteiger partial charge in [0.25, 0.3) is 0 Å². The van der Waals surface area contributed by atoms with E-state index in [2.05, 4.69) is 168 Å². The van der Waals surface area contributed by atoms with Gasteiger partial charge in [-0.05, 0) is 72.1 Å². The lowest BCUT2D eigenvalue weighted by Gasteiger charge is -2.26. The maximum Gasteiger partial charge on any atom is 0.148 e. The zero-order valence-corrected chi connectivity index (χ0v) is 31.6. The van der Waals surface area contributed by atoms with Gasteiger partial charge in [0.15, 0.2) is 0 Å². The van der Waals surface area contributed by atoms with Crippen molar-refractivity contribution in [3.05, 3.63) is 187 Å². The van der Waals surface area contributed by atoms with Crippen molar-refractivity contribution in [3.8, 4) is 16.8 Å². The highest BCUT2D eigenvalue weighted by Gasteiger charge is 2.26. The number of fused-ring (bicyclic) bond motifs is 9. The Kier molecular flexibility index (Phi) is 7.22. The van der Waals surface area contributed by atoms with Crippen LogP contribution in [-0.4, -0.2) is 16.2 Å². The van der Waals surface area contributed by atoms with Crippen LogP contribution in [0.25, 0.3) is 80.7 Å². The van der Waals surface area contributed by atoms with Crippen LogP contribution in [0.1, 0.15) is 23.7 Å². The summed E-state index contributed by atoms with van der Waals surface area (Å²) in [5.74, 6) is 1.80. The number of aromatic nitrogens is 1. The number of hydrogen-bond acceptors (Lipinski definition) is 5. The van der Waals surface area contributed by atoms with Crippen LogP contribution in [0.15, 0.2) is 190 Å². The van der Waals surface area contributed by atoms with Crippen LogP contribution in [0.2, 0.25) is 0 Å². The molecule has 7 aromatic carbocycles. The second-order valence-corrected chi connectivity index (χ2v) is 16.0. The van der Waals surface area contributed by atoms with Crippen LogP contribution < -0.4 is 5.32 Å². The first-order chi connectivity index (χ1) is 28.2. The topological polar surface area (TPSA) is 54.8 Å². The first-order valence-electron chi connectivity index (χ1n) is 19.5. The highest BCUT2D eigenvalue weighted by Crippen LogP contribution is 2.41. The molecule has 2 aliphatic rings. The number of allylic oxidation sites excluding steroid dienone is 3. The molecule has 0 spiro atoms. The van der Waals surface area contributed by atoms with Gasteiger partial charge in [0, 0.05) is 64.4 Å². The predicted molar refractivity (Wildman–Crippen MR) is 239 cm³/mol. The van der Waals surface area contributed by atoms with Gasteiger partial charge in [0.2, 0.25) is 0 Å². The molecule has 2 atom stereocenters. The molecule has 4 heterocycles. The zero-order chi connectivity index (χ0) is 37.5.